The number of terminal acetylenes is 1. The Morgan fingerprint density at radius 2 is 2.05 bits per heavy atom. The molecule has 1 saturated heterocycles. The van der Waals surface area contributed by atoms with E-state index in [4.69, 9.17) is 6.42 Å². The first-order valence-electron chi connectivity index (χ1n) is 7.14. The van der Waals surface area contributed by atoms with Gasteiger partial charge in [0.25, 0.3) is 0 Å². The minimum absolute atomic E-state index is 0.102. The lowest BCUT2D eigenvalue weighted by atomic mass is 9.95. The predicted molar refractivity (Wildman–Crippen MR) is 82.5 cm³/mol. The van der Waals surface area contributed by atoms with Gasteiger partial charge in [0.1, 0.15) is 0 Å². The molecule has 1 fully saturated rings. The highest BCUT2D eigenvalue weighted by atomic mass is 16.1. The summed E-state index contributed by atoms with van der Waals surface area (Å²) >= 11 is 0. The van der Waals surface area contributed by atoms with E-state index < -0.39 is 0 Å². The molecule has 0 atom stereocenters. The Kier molecular flexibility index (Phi) is 4.81. The lowest BCUT2D eigenvalue weighted by molar-refractivity contribution is -0.121. The molecule has 0 aliphatic carbocycles. The van der Waals surface area contributed by atoms with Gasteiger partial charge in [-0.25, -0.2) is 0 Å². The molecule has 3 nitrogen and oxygen atoms in total. The van der Waals surface area contributed by atoms with Gasteiger partial charge in [-0.3, -0.25) is 9.69 Å². The third-order valence-corrected chi connectivity index (χ3v) is 4.05. The van der Waals surface area contributed by atoms with E-state index >= 15 is 0 Å². The van der Waals surface area contributed by atoms with Crippen molar-refractivity contribution in [3.05, 3.63) is 29.3 Å². The lowest BCUT2D eigenvalue weighted by Crippen LogP contribution is -2.38. The summed E-state index contributed by atoms with van der Waals surface area (Å²) in [5.74, 6) is 2.89. The molecule has 1 heterocycles. The monoisotopic (exact) mass is 270 g/mol. The number of amides is 1. The molecule has 1 N–H and O–H groups in total. The number of nitrogens with one attached hydrogen (secondary N) is 1. The first-order chi connectivity index (χ1) is 9.60. The number of nitrogens with zero attached hydrogens (tertiary/aromatic N) is 1. The number of benzene rings is 1. The van der Waals surface area contributed by atoms with Crippen LogP contribution in [0.1, 0.15) is 24.0 Å². The van der Waals surface area contributed by atoms with Crippen molar-refractivity contribution in [2.24, 2.45) is 5.92 Å². The van der Waals surface area contributed by atoms with E-state index in [0.717, 1.165) is 31.6 Å². The maximum absolute atomic E-state index is 12.3. The van der Waals surface area contributed by atoms with Crippen molar-refractivity contribution >= 4 is 11.6 Å². The second-order valence-corrected chi connectivity index (χ2v) is 5.54. The zero-order chi connectivity index (χ0) is 14.5. The summed E-state index contributed by atoms with van der Waals surface area (Å²) < 4.78 is 0. The summed E-state index contributed by atoms with van der Waals surface area (Å²) in [5.41, 5.74) is 3.33. The van der Waals surface area contributed by atoms with E-state index in [1.54, 1.807) is 0 Å². The smallest absolute Gasteiger partial charge is 0.227 e. The molecule has 1 aromatic carbocycles. The van der Waals surface area contributed by atoms with Crippen LogP contribution in [-0.4, -0.2) is 30.4 Å². The van der Waals surface area contributed by atoms with Crippen LogP contribution in [0.15, 0.2) is 18.2 Å². The van der Waals surface area contributed by atoms with Crippen molar-refractivity contribution < 1.29 is 4.79 Å². The zero-order valence-electron chi connectivity index (χ0n) is 12.3. The Balaban J connectivity index is 1.89. The number of rotatable bonds is 3. The minimum atomic E-state index is 0.102. The SMILES string of the molecule is C#CCN1CCC(C(=O)Nc2ccc(C)c(C)c2)CC1. The Bertz CT molecular complexity index is 522. The molecule has 0 spiro atoms. The van der Waals surface area contributed by atoms with Crippen LogP contribution < -0.4 is 5.32 Å². The fourth-order valence-corrected chi connectivity index (χ4v) is 2.55. The first-order valence-corrected chi connectivity index (χ1v) is 7.14. The number of piperidine rings is 1. The number of likely N-dealkylation sites (tertiary alicyclic amines) is 1. The van der Waals surface area contributed by atoms with E-state index in [2.05, 4.69) is 30.0 Å². The molecular formula is C17H22N2O. The molecule has 2 rings (SSSR count). The Morgan fingerprint density at radius 1 is 1.35 bits per heavy atom. The predicted octanol–water partition coefficient (Wildman–Crippen LogP) is 2.59. The number of carbonyl (C=O) groups excluding carboxylic acids is 1. The summed E-state index contributed by atoms with van der Waals surface area (Å²) in [6.45, 7) is 6.64. The summed E-state index contributed by atoms with van der Waals surface area (Å²) in [4.78, 5) is 14.5. The Morgan fingerprint density at radius 3 is 2.65 bits per heavy atom. The number of aryl methyl sites for hydroxylation is 2. The van der Waals surface area contributed by atoms with Gasteiger partial charge >= 0.3 is 0 Å². The highest BCUT2D eigenvalue weighted by Crippen LogP contribution is 2.20. The van der Waals surface area contributed by atoms with Gasteiger partial charge < -0.3 is 5.32 Å². The summed E-state index contributed by atoms with van der Waals surface area (Å²) in [7, 11) is 0. The fourth-order valence-electron chi connectivity index (χ4n) is 2.55. The van der Waals surface area contributed by atoms with E-state index in [-0.39, 0.29) is 11.8 Å². The quantitative estimate of drug-likeness (QED) is 0.856. The molecular weight excluding hydrogens is 248 g/mol. The van der Waals surface area contributed by atoms with Crippen LogP contribution >= 0.6 is 0 Å². The second kappa shape index (κ2) is 6.58. The van der Waals surface area contributed by atoms with Crippen molar-refractivity contribution in [3.63, 3.8) is 0 Å². The summed E-state index contributed by atoms with van der Waals surface area (Å²) in [5, 5.41) is 3.03. The largest absolute Gasteiger partial charge is 0.326 e. The van der Waals surface area contributed by atoms with Crippen LogP contribution in [0.3, 0.4) is 0 Å². The topological polar surface area (TPSA) is 32.3 Å². The number of hydrogen-bond donors (Lipinski definition) is 1. The van der Waals surface area contributed by atoms with Crippen molar-refractivity contribution in [3.8, 4) is 12.3 Å². The molecule has 1 aliphatic rings. The van der Waals surface area contributed by atoms with Gasteiger partial charge in [0, 0.05) is 11.6 Å². The average Bonchev–Trinajstić information content (AvgIpc) is 2.44. The van der Waals surface area contributed by atoms with Crippen LogP contribution in [0.4, 0.5) is 5.69 Å². The van der Waals surface area contributed by atoms with Gasteiger partial charge in [-0.2, -0.15) is 0 Å². The molecule has 1 amide bonds. The van der Waals surface area contributed by atoms with Gasteiger partial charge in [0.05, 0.1) is 6.54 Å². The van der Waals surface area contributed by atoms with E-state index in [9.17, 15) is 4.79 Å². The Hall–Kier alpha value is -1.79. The molecule has 0 aromatic heterocycles. The third-order valence-electron chi connectivity index (χ3n) is 4.05. The minimum Gasteiger partial charge on any atom is -0.326 e. The van der Waals surface area contributed by atoms with Crippen molar-refractivity contribution in [1.29, 1.82) is 0 Å². The first kappa shape index (κ1) is 14.6. The average molecular weight is 270 g/mol. The fraction of sp³-hybridized carbons (Fsp3) is 0.471. The van der Waals surface area contributed by atoms with Crippen molar-refractivity contribution in [1.82, 2.24) is 4.90 Å². The molecule has 1 aliphatic heterocycles. The van der Waals surface area contributed by atoms with E-state index in [1.165, 1.54) is 11.1 Å². The third kappa shape index (κ3) is 3.61. The van der Waals surface area contributed by atoms with Gasteiger partial charge in [-0.15, -0.1) is 6.42 Å². The maximum atomic E-state index is 12.3. The molecule has 0 bridgehead atoms. The van der Waals surface area contributed by atoms with Crippen LogP contribution in [-0.2, 0) is 4.79 Å². The van der Waals surface area contributed by atoms with Gasteiger partial charge in [-0.1, -0.05) is 12.0 Å². The molecule has 3 heteroatoms. The van der Waals surface area contributed by atoms with Crippen LogP contribution in [0.5, 0.6) is 0 Å². The molecule has 20 heavy (non-hydrogen) atoms. The second-order valence-electron chi connectivity index (χ2n) is 5.54. The maximum Gasteiger partial charge on any atom is 0.227 e. The molecule has 1 aromatic rings. The van der Waals surface area contributed by atoms with Crippen LogP contribution in [0, 0.1) is 32.1 Å². The lowest BCUT2D eigenvalue weighted by Gasteiger charge is -2.29. The highest BCUT2D eigenvalue weighted by molar-refractivity contribution is 5.92. The van der Waals surface area contributed by atoms with Gasteiger partial charge in [-0.05, 0) is 63.0 Å². The van der Waals surface area contributed by atoms with Crippen LogP contribution in [0.2, 0.25) is 0 Å². The number of hydrogen-bond acceptors (Lipinski definition) is 2. The molecule has 0 radical (unpaired) electrons. The van der Waals surface area contributed by atoms with E-state index in [1.807, 2.05) is 18.2 Å². The summed E-state index contributed by atoms with van der Waals surface area (Å²) in [6.07, 6.45) is 7.09. The normalized spacial score (nSPS) is 16.6. The van der Waals surface area contributed by atoms with Crippen molar-refractivity contribution in [2.45, 2.75) is 26.7 Å². The Labute approximate surface area is 121 Å². The highest BCUT2D eigenvalue weighted by Gasteiger charge is 2.24. The van der Waals surface area contributed by atoms with Crippen LogP contribution in [0.25, 0.3) is 0 Å². The molecule has 0 unspecified atom stereocenters. The molecule has 0 saturated carbocycles. The van der Waals surface area contributed by atoms with Gasteiger partial charge in [0.15, 0.2) is 0 Å². The molecule has 106 valence electrons. The number of anilines is 1. The van der Waals surface area contributed by atoms with E-state index in [0.29, 0.717) is 6.54 Å². The standard InChI is InChI=1S/C17H22N2O/c1-4-9-19-10-7-15(8-11-19)17(20)18-16-6-5-13(2)14(3)12-16/h1,5-6,12,15H,7-11H2,2-3H3,(H,18,20). The number of carbonyl (C=O) groups is 1. The van der Waals surface area contributed by atoms with Gasteiger partial charge in [0.2, 0.25) is 5.91 Å². The van der Waals surface area contributed by atoms with Crippen molar-refractivity contribution in [2.75, 3.05) is 25.0 Å². The summed E-state index contributed by atoms with van der Waals surface area (Å²) in [6, 6.07) is 6.04. The zero-order valence-corrected chi connectivity index (χ0v) is 12.3.